The molecule has 0 heteroatoms. The van der Waals surface area contributed by atoms with E-state index in [4.69, 9.17) is 0 Å². The molecule has 100 valence electrons. The maximum absolute atomic E-state index is 2.34. The predicted octanol–water partition coefficient (Wildman–Crippen LogP) is 5.85. The zero-order valence-electron chi connectivity index (χ0n) is 12.1. The van der Waals surface area contributed by atoms with Crippen LogP contribution in [-0.4, -0.2) is 0 Å². The van der Waals surface area contributed by atoms with Crippen LogP contribution < -0.4 is 0 Å². The molecular weight excluding hydrogens is 216 g/mol. The summed E-state index contributed by atoms with van der Waals surface area (Å²) in [5.41, 5.74) is 3.07. The van der Waals surface area contributed by atoms with E-state index in [9.17, 15) is 0 Å². The molecule has 1 aromatic rings. The quantitative estimate of drug-likeness (QED) is 0.581. The summed E-state index contributed by atoms with van der Waals surface area (Å²) in [5, 5.41) is 0. The first kappa shape index (κ1) is 13.6. The number of hydrogen-bond acceptors (Lipinski definition) is 0. The average molecular weight is 244 g/mol. The molecular formula is C18H28. The Labute approximate surface area is 113 Å². The van der Waals surface area contributed by atoms with Gasteiger partial charge in [0.1, 0.15) is 0 Å². The van der Waals surface area contributed by atoms with Gasteiger partial charge in [-0.3, -0.25) is 0 Å². The second kappa shape index (κ2) is 6.97. The second-order valence-corrected chi connectivity index (χ2v) is 6.23. The molecule has 2 aliphatic rings. The third-order valence-corrected chi connectivity index (χ3v) is 4.63. The fourth-order valence-electron chi connectivity index (χ4n) is 3.41. The molecule has 0 atom stereocenters. The Kier molecular flexibility index (Phi) is 5.28. The number of rotatable bonds is 1. The highest BCUT2D eigenvalue weighted by atomic mass is 14.2. The summed E-state index contributed by atoms with van der Waals surface area (Å²) in [6.45, 7) is 4.57. The van der Waals surface area contributed by atoms with Crippen molar-refractivity contribution in [1.29, 1.82) is 0 Å². The molecule has 0 radical (unpaired) electrons. The molecule has 0 N–H and O–H groups in total. The number of aryl methyl sites for hydroxylation is 1. The highest BCUT2D eigenvalue weighted by molar-refractivity contribution is 5.29. The predicted molar refractivity (Wildman–Crippen MR) is 80.0 cm³/mol. The van der Waals surface area contributed by atoms with Gasteiger partial charge in [0, 0.05) is 0 Å². The SMILES string of the molecule is CC1CCCC1.Cc1ccccc1C1CCCC1. The Bertz CT molecular complexity index is 341. The molecule has 0 amide bonds. The van der Waals surface area contributed by atoms with Gasteiger partial charge in [-0.05, 0) is 42.7 Å². The zero-order chi connectivity index (χ0) is 12.8. The van der Waals surface area contributed by atoms with E-state index in [-0.39, 0.29) is 0 Å². The van der Waals surface area contributed by atoms with Gasteiger partial charge in [-0.15, -0.1) is 0 Å². The molecule has 2 fully saturated rings. The Morgan fingerprint density at radius 2 is 1.39 bits per heavy atom. The molecule has 0 bridgehead atoms. The normalized spacial score (nSPS) is 20.8. The maximum atomic E-state index is 2.34. The molecule has 18 heavy (non-hydrogen) atoms. The minimum absolute atomic E-state index is 0.867. The Hall–Kier alpha value is -0.780. The van der Waals surface area contributed by atoms with Crippen molar-refractivity contribution in [3.63, 3.8) is 0 Å². The highest BCUT2D eigenvalue weighted by Crippen LogP contribution is 2.35. The molecule has 0 aliphatic heterocycles. The van der Waals surface area contributed by atoms with Crippen LogP contribution in [0.25, 0.3) is 0 Å². The van der Waals surface area contributed by atoms with Gasteiger partial charge in [-0.1, -0.05) is 69.7 Å². The lowest BCUT2D eigenvalue weighted by atomic mass is 9.94. The van der Waals surface area contributed by atoms with Gasteiger partial charge in [-0.25, -0.2) is 0 Å². The maximum Gasteiger partial charge on any atom is -0.0159 e. The largest absolute Gasteiger partial charge is 0.0625 e. The van der Waals surface area contributed by atoms with Gasteiger partial charge in [0.2, 0.25) is 0 Å². The van der Waals surface area contributed by atoms with E-state index in [0.29, 0.717) is 0 Å². The monoisotopic (exact) mass is 244 g/mol. The first-order valence-corrected chi connectivity index (χ1v) is 7.83. The Morgan fingerprint density at radius 1 is 0.833 bits per heavy atom. The molecule has 0 unspecified atom stereocenters. The summed E-state index contributed by atoms with van der Waals surface area (Å²) >= 11 is 0. The van der Waals surface area contributed by atoms with Crippen molar-refractivity contribution in [3.05, 3.63) is 35.4 Å². The average Bonchev–Trinajstić information content (AvgIpc) is 3.03. The molecule has 1 aromatic carbocycles. The van der Waals surface area contributed by atoms with Crippen LogP contribution in [0.1, 0.15) is 75.3 Å². The van der Waals surface area contributed by atoms with Gasteiger partial charge < -0.3 is 0 Å². The van der Waals surface area contributed by atoms with Gasteiger partial charge in [0.05, 0.1) is 0 Å². The third kappa shape index (κ3) is 3.86. The van der Waals surface area contributed by atoms with Crippen LogP contribution in [0.4, 0.5) is 0 Å². The van der Waals surface area contributed by atoms with Crippen molar-refractivity contribution >= 4 is 0 Å². The van der Waals surface area contributed by atoms with Crippen molar-refractivity contribution in [1.82, 2.24) is 0 Å². The summed E-state index contributed by atoms with van der Waals surface area (Å²) in [7, 11) is 0. The second-order valence-electron chi connectivity index (χ2n) is 6.23. The van der Waals surface area contributed by atoms with Crippen molar-refractivity contribution in [2.75, 3.05) is 0 Å². The molecule has 2 aliphatic carbocycles. The van der Waals surface area contributed by atoms with Gasteiger partial charge in [0.15, 0.2) is 0 Å². The molecule has 0 saturated heterocycles. The van der Waals surface area contributed by atoms with E-state index in [1.165, 1.54) is 56.9 Å². The minimum Gasteiger partial charge on any atom is -0.0625 e. The number of hydrogen-bond donors (Lipinski definition) is 0. The van der Waals surface area contributed by atoms with E-state index in [2.05, 4.69) is 38.1 Å². The van der Waals surface area contributed by atoms with Crippen molar-refractivity contribution in [3.8, 4) is 0 Å². The summed E-state index contributed by atoms with van der Waals surface area (Å²) < 4.78 is 0. The number of benzene rings is 1. The summed E-state index contributed by atoms with van der Waals surface area (Å²) in [5.74, 6) is 1.91. The zero-order valence-corrected chi connectivity index (χ0v) is 12.1. The summed E-state index contributed by atoms with van der Waals surface area (Å²) in [6.07, 6.45) is 11.6. The van der Waals surface area contributed by atoms with Crippen LogP contribution in [0.5, 0.6) is 0 Å². The summed E-state index contributed by atoms with van der Waals surface area (Å²) in [6, 6.07) is 8.83. The first-order valence-electron chi connectivity index (χ1n) is 7.83. The molecule has 2 saturated carbocycles. The lowest BCUT2D eigenvalue weighted by Crippen LogP contribution is -1.94. The van der Waals surface area contributed by atoms with E-state index in [1.54, 1.807) is 5.56 Å². The van der Waals surface area contributed by atoms with Crippen LogP contribution in [0.3, 0.4) is 0 Å². The van der Waals surface area contributed by atoms with Crippen molar-refractivity contribution in [2.24, 2.45) is 5.92 Å². The minimum atomic E-state index is 0.867. The first-order chi connectivity index (χ1) is 8.77. The van der Waals surface area contributed by atoms with E-state index in [1.807, 2.05) is 0 Å². The fourth-order valence-corrected chi connectivity index (χ4v) is 3.41. The Morgan fingerprint density at radius 3 is 1.89 bits per heavy atom. The van der Waals surface area contributed by atoms with Gasteiger partial charge >= 0.3 is 0 Å². The van der Waals surface area contributed by atoms with Gasteiger partial charge in [-0.2, -0.15) is 0 Å². The van der Waals surface area contributed by atoms with Crippen LogP contribution in [0, 0.1) is 12.8 Å². The standard InChI is InChI=1S/C12H16.C6H12/c1-10-6-2-5-9-12(10)11-7-3-4-8-11;1-6-4-2-3-5-6/h2,5-6,9,11H,3-4,7-8H2,1H3;6H,2-5H2,1H3. The fraction of sp³-hybridized carbons (Fsp3) is 0.667. The van der Waals surface area contributed by atoms with Crippen LogP contribution >= 0.6 is 0 Å². The molecule has 0 aromatic heterocycles. The van der Waals surface area contributed by atoms with E-state index in [0.717, 1.165) is 11.8 Å². The van der Waals surface area contributed by atoms with E-state index < -0.39 is 0 Å². The van der Waals surface area contributed by atoms with Crippen LogP contribution in [-0.2, 0) is 0 Å². The lowest BCUT2D eigenvalue weighted by molar-refractivity contribution is 0.612. The van der Waals surface area contributed by atoms with Crippen LogP contribution in [0.15, 0.2) is 24.3 Å². The van der Waals surface area contributed by atoms with Gasteiger partial charge in [0.25, 0.3) is 0 Å². The summed E-state index contributed by atoms with van der Waals surface area (Å²) in [4.78, 5) is 0. The molecule has 0 spiro atoms. The lowest BCUT2D eigenvalue weighted by Gasteiger charge is -2.11. The van der Waals surface area contributed by atoms with Crippen molar-refractivity contribution < 1.29 is 0 Å². The smallest absolute Gasteiger partial charge is 0.0159 e. The van der Waals surface area contributed by atoms with Crippen LogP contribution in [0.2, 0.25) is 0 Å². The topological polar surface area (TPSA) is 0 Å². The third-order valence-electron chi connectivity index (χ3n) is 4.63. The molecule has 0 heterocycles. The molecule has 3 rings (SSSR count). The van der Waals surface area contributed by atoms with E-state index >= 15 is 0 Å². The van der Waals surface area contributed by atoms with Crippen molar-refractivity contribution in [2.45, 2.75) is 71.1 Å². The highest BCUT2D eigenvalue weighted by Gasteiger charge is 2.17. The molecule has 0 nitrogen and oxygen atoms in total. The Balaban J connectivity index is 0.000000169.